The largest absolute Gasteiger partial charge is 0.460 e. The van der Waals surface area contributed by atoms with E-state index in [0.717, 1.165) is 29.7 Å². The van der Waals surface area contributed by atoms with E-state index in [9.17, 15) is 22.8 Å². The molecule has 220 valence electrons. The number of benzene rings is 2. The van der Waals surface area contributed by atoms with Gasteiger partial charge in [-0.1, -0.05) is 50.2 Å². The van der Waals surface area contributed by atoms with E-state index in [-0.39, 0.29) is 30.9 Å². The number of aromatic nitrogens is 1. The number of hydrogen-bond acceptors (Lipinski definition) is 5. The van der Waals surface area contributed by atoms with E-state index in [2.05, 4.69) is 24.1 Å². The molecule has 0 radical (unpaired) electrons. The average Bonchev–Trinajstić information content (AvgIpc) is 2.90. The van der Waals surface area contributed by atoms with Gasteiger partial charge in [0.15, 0.2) is 0 Å². The van der Waals surface area contributed by atoms with Crippen LogP contribution in [-0.4, -0.2) is 41.0 Å². The van der Waals surface area contributed by atoms with E-state index < -0.39 is 17.3 Å². The quantitative estimate of drug-likeness (QED) is 0.253. The predicted molar refractivity (Wildman–Crippen MR) is 154 cm³/mol. The highest BCUT2D eigenvalue weighted by atomic mass is 19.4. The SMILES string of the molecule is CC(C)CC(Nc1ccc(C(=O)N(C)CCC(=O)OC(C)(C)C)cn1)c1ccc(-c2ccc(C(F)(F)F)cc2)cc1. The Kier molecular flexibility index (Phi) is 10.2. The highest BCUT2D eigenvalue weighted by Gasteiger charge is 2.30. The van der Waals surface area contributed by atoms with Crippen molar-refractivity contribution in [1.82, 2.24) is 9.88 Å². The number of nitrogens with zero attached hydrogens (tertiary/aromatic N) is 2. The molecule has 0 aliphatic heterocycles. The fourth-order valence-corrected chi connectivity index (χ4v) is 4.27. The molecule has 0 spiro atoms. The maximum atomic E-state index is 12.9. The molecular weight excluding hydrogens is 531 g/mol. The first-order chi connectivity index (χ1) is 19.1. The Morgan fingerprint density at radius 1 is 0.927 bits per heavy atom. The Balaban J connectivity index is 1.66. The highest BCUT2D eigenvalue weighted by Crippen LogP contribution is 2.32. The molecular formula is C32H38F3N3O3. The molecule has 3 rings (SSSR count). The van der Waals surface area contributed by atoms with E-state index in [0.29, 0.717) is 22.9 Å². The number of esters is 1. The first kappa shape index (κ1) is 31.6. The molecule has 1 aromatic heterocycles. The van der Waals surface area contributed by atoms with Crippen LogP contribution in [0.25, 0.3) is 11.1 Å². The fraction of sp³-hybridized carbons (Fsp3) is 0.406. The van der Waals surface area contributed by atoms with E-state index in [1.54, 1.807) is 40.0 Å². The Labute approximate surface area is 239 Å². The van der Waals surface area contributed by atoms with Crippen LogP contribution in [0.4, 0.5) is 19.0 Å². The number of hydrogen-bond donors (Lipinski definition) is 1. The summed E-state index contributed by atoms with van der Waals surface area (Å²) in [5.74, 6) is 0.376. The predicted octanol–water partition coefficient (Wildman–Crippen LogP) is 7.77. The second-order valence-electron chi connectivity index (χ2n) is 11.5. The first-order valence-electron chi connectivity index (χ1n) is 13.6. The summed E-state index contributed by atoms with van der Waals surface area (Å²) in [6.07, 6.45) is -1.94. The van der Waals surface area contributed by atoms with Gasteiger partial charge in [0.2, 0.25) is 0 Å². The minimum absolute atomic E-state index is 0.0674. The molecule has 1 N–H and O–H groups in total. The highest BCUT2D eigenvalue weighted by molar-refractivity contribution is 5.94. The normalized spacial score (nSPS) is 12.6. The minimum Gasteiger partial charge on any atom is -0.460 e. The third-order valence-electron chi connectivity index (χ3n) is 6.32. The lowest BCUT2D eigenvalue weighted by Gasteiger charge is -2.23. The van der Waals surface area contributed by atoms with Gasteiger partial charge in [-0.3, -0.25) is 9.59 Å². The van der Waals surface area contributed by atoms with Crippen molar-refractivity contribution in [2.75, 3.05) is 18.9 Å². The molecule has 0 bridgehead atoms. The molecule has 1 unspecified atom stereocenters. The second kappa shape index (κ2) is 13.2. The van der Waals surface area contributed by atoms with Crippen molar-refractivity contribution in [3.63, 3.8) is 0 Å². The van der Waals surface area contributed by atoms with Crippen LogP contribution in [0.1, 0.15) is 75.0 Å². The van der Waals surface area contributed by atoms with Crippen molar-refractivity contribution in [2.24, 2.45) is 5.92 Å². The summed E-state index contributed by atoms with van der Waals surface area (Å²) >= 11 is 0. The molecule has 41 heavy (non-hydrogen) atoms. The smallest absolute Gasteiger partial charge is 0.416 e. The lowest BCUT2D eigenvalue weighted by Crippen LogP contribution is -2.31. The molecule has 0 saturated carbocycles. The molecule has 1 amide bonds. The number of anilines is 1. The maximum absolute atomic E-state index is 12.9. The van der Waals surface area contributed by atoms with Gasteiger partial charge in [0.25, 0.3) is 5.91 Å². The third kappa shape index (κ3) is 9.62. The maximum Gasteiger partial charge on any atom is 0.416 e. The summed E-state index contributed by atoms with van der Waals surface area (Å²) in [4.78, 5) is 30.7. The Hall–Kier alpha value is -3.88. The van der Waals surface area contributed by atoms with Crippen molar-refractivity contribution in [3.8, 4) is 11.1 Å². The summed E-state index contributed by atoms with van der Waals surface area (Å²) in [7, 11) is 1.63. The molecule has 1 heterocycles. The van der Waals surface area contributed by atoms with Gasteiger partial charge in [-0.25, -0.2) is 4.98 Å². The molecule has 0 fully saturated rings. The first-order valence-corrected chi connectivity index (χ1v) is 13.6. The number of alkyl halides is 3. The molecule has 3 aromatic rings. The zero-order valence-electron chi connectivity index (χ0n) is 24.4. The van der Waals surface area contributed by atoms with E-state index >= 15 is 0 Å². The van der Waals surface area contributed by atoms with Gasteiger partial charge in [-0.2, -0.15) is 13.2 Å². The summed E-state index contributed by atoms with van der Waals surface area (Å²) in [5, 5.41) is 3.44. The van der Waals surface area contributed by atoms with Gasteiger partial charge < -0.3 is 15.0 Å². The number of halogens is 3. The van der Waals surface area contributed by atoms with Crippen LogP contribution in [0.3, 0.4) is 0 Å². The number of pyridine rings is 1. The Morgan fingerprint density at radius 2 is 1.51 bits per heavy atom. The topological polar surface area (TPSA) is 71.5 Å². The number of rotatable bonds is 10. The van der Waals surface area contributed by atoms with Crippen LogP contribution in [0, 0.1) is 5.92 Å². The van der Waals surface area contributed by atoms with Gasteiger partial charge in [0, 0.05) is 19.8 Å². The van der Waals surface area contributed by atoms with Crippen molar-refractivity contribution < 1.29 is 27.5 Å². The standard InChI is InChI=1S/C32H38F3N3O3/c1-21(2)19-27(24-9-7-22(8-10-24)23-11-14-26(15-12-23)32(33,34)35)37-28-16-13-25(20-36-28)30(40)38(6)18-17-29(39)41-31(3,4)5/h7-16,20-21,27H,17-19H2,1-6H3,(H,36,37). The third-order valence-corrected chi connectivity index (χ3v) is 6.32. The van der Waals surface area contributed by atoms with Crippen LogP contribution in [0.5, 0.6) is 0 Å². The minimum atomic E-state index is -4.37. The summed E-state index contributed by atoms with van der Waals surface area (Å²) in [5.41, 5.74) is 1.69. The number of nitrogens with one attached hydrogen (secondary N) is 1. The molecule has 0 aliphatic carbocycles. The fourth-order valence-electron chi connectivity index (χ4n) is 4.27. The van der Waals surface area contributed by atoms with Crippen molar-refractivity contribution in [3.05, 3.63) is 83.6 Å². The van der Waals surface area contributed by atoms with Crippen molar-refractivity contribution in [1.29, 1.82) is 0 Å². The van der Waals surface area contributed by atoms with Crippen LogP contribution in [-0.2, 0) is 15.7 Å². The Bertz CT molecular complexity index is 1300. The summed E-state index contributed by atoms with van der Waals surface area (Å²) in [6.45, 7) is 9.86. The molecule has 0 saturated heterocycles. The van der Waals surface area contributed by atoms with E-state index in [1.165, 1.54) is 23.2 Å². The van der Waals surface area contributed by atoms with Gasteiger partial charge in [0.05, 0.1) is 23.6 Å². The van der Waals surface area contributed by atoms with Gasteiger partial charge in [-0.05, 0) is 74.1 Å². The van der Waals surface area contributed by atoms with Crippen LogP contribution in [0.2, 0.25) is 0 Å². The van der Waals surface area contributed by atoms with Crippen LogP contribution < -0.4 is 5.32 Å². The molecule has 1 atom stereocenters. The number of carbonyl (C=O) groups is 2. The monoisotopic (exact) mass is 569 g/mol. The Morgan fingerprint density at radius 3 is 2.00 bits per heavy atom. The van der Waals surface area contributed by atoms with Crippen molar-refractivity contribution in [2.45, 2.75) is 65.3 Å². The lowest BCUT2D eigenvalue weighted by molar-refractivity contribution is -0.155. The zero-order chi connectivity index (χ0) is 30.4. The number of amides is 1. The average molecular weight is 570 g/mol. The molecule has 0 aliphatic rings. The van der Waals surface area contributed by atoms with Gasteiger partial charge >= 0.3 is 12.1 Å². The van der Waals surface area contributed by atoms with Crippen LogP contribution in [0.15, 0.2) is 66.9 Å². The second-order valence-corrected chi connectivity index (χ2v) is 11.5. The van der Waals surface area contributed by atoms with Gasteiger partial charge in [-0.15, -0.1) is 0 Å². The van der Waals surface area contributed by atoms with E-state index in [4.69, 9.17) is 4.74 Å². The number of carbonyl (C=O) groups excluding carboxylic acids is 2. The molecule has 6 nitrogen and oxygen atoms in total. The van der Waals surface area contributed by atoms with E-state index in [1.807, 2.05) is 24.3 Å². The number of ether oxygens (including phenoxy) is 1. The summed E-state index contributed by atoms with van der Waals surface area (Å²) < 4.78 is 44.0. The van der Waals surface area contributed by atoms with Crippen molar-refractivity contribution >= 4 is 17.7 Å². The molecule has 2 aromatic carbocycles. The molecule has 9 heteroatoms. The zero-order valence-corrected chi connectivity index (χ0v) is 24.4. The van der Waals surface area contributed by atoms with Gasteiger partial charge in [0.1, 0.15) is 11.4 Å². The lowest BCUT2D eigenvalue weighted by atomic mass is 9.94. The summed E-state index contributed by atoms with van der Waals surface area (Å²) in [6, 6.07) is 16.2. The van der Waals surface area contributed by atoms with Crippen LogP contribution >= 0.6 is 0 Å².